The number of fused-ring (bicyclic) bond motifs is 1. The number of hydrogen-bond acceptors (Lipinski definition) is 7. The third-order valence-corrected chi connectivity index (χ3v) is 7.30. The number of aromatic nitrogens is 1. The van der Waals surface area contributed by atoms with E-state index in [1.807, 2.05) is 67.5 Å². The van der Waals surface area contributed by atoms with Crippen molar-refractivity contribution in [3.05, 3.63) is 89.0 Å². The number of hydrogen-bond donors (Lipinski definition) is 0. The van der Waals surface area contributed by atoms with Gasteiger partial charge in [-0.05, 0) is 71.2 Å². The van der Waals surface area contributed by atoms with Crippen LogP contribution in [0.5, 0.6) is 5.75 Å². The second kappa shape index (κ2) is 10.2. The fraction of sp³-hybridized carbons (Fsp3) is 0.269. The lowest BCUT2D eigenvalue weighted by Gasteiger charge is -2.25. The van der Waals surface area contributed by atoms with E-state index in [1.54, 1.807) is 25.5 Å². The monoisotopic (exact) mass is 555 g/mol. The highest BCUT2D eigenvalue weighted by molar-refractivity contribution is 9.10. The minimum Gasteiger partial charge on any atom is -0.497 e. The topological polar surface area (TPSA) is 73.1 Å². The molecule has 9 heteroatoms. The third-order valence-electron chi connectivity index (χ3n) is 5.68. The van der Waals surface area contributed by atoms with Crippen molar-refractivity contribution in [3.8, 4) is 5.75 Å². The zero-order valence-electron chi connectivity index (χ0n) is 20.2. The SMILES string of the molecule is CCOC(=O)C1=C(C)N=c2s/c(=C/c3ccc(N(C)C)c(Br)c3)c(=O)n2[C@H]1c1cccc(OC)c1. The molecule has 0 saturated heterocycles. The normalized spacial score (nSPS) is 15.5. The number of esters is 1. The number of ether oxygens (including phenoxy) is 2. The molecule has 0 fully saturated rings. The number of carbonyl (C=O) groups excluding carboxylic acids is 1. The minimum absolute atomic E-state index is 0.219. The van der Waals surface area contributed by atoms with E-state index >= 15 is 0 Å². The Kier molecular flexibility index (Phi) is 7.28. The smallest absolute Gasteiger partial charge is 0.338 e. The maximum absolute atomic E-state index is 13.7. The number of benzene rings is 2. The number of halogens is 1. The first kappa shape index (κ1) is 24.9. The van der Waals surface area contributed by atoms with Gasteiger partial charge in [0, 0.05) is 18.6 Å². The number of rotatable bonds is 6. The van der Waals surface area contributed by atoms with Gasteiger partial charge < -0.3 is 14.4 Å². The molecule has 1 aromatic heterocycles. The quantitative estimate of drug-likeness (QED) is 0.434. The molecule has 0 bridgehead atoms. The van der Waals surface area contributed by atoms with Crippen LogP contribution in [0, 0.1) is 0 Å². The van der Waals surface area contributed by atoms with Gasteiger partial charge in [-0.25, -0.2) is 9.79 Å². The molecule has 35 heavy (non-hydrogen) atoms. The van der Waals surface area contributed by atoms with Gasteiger partial charge in [-0.1, -0.05) is 29.5 Å². The standard InChI is InChI=1S/C26H26BrN3O4S/c1-6-34-25(32)22-15(2)28-26-30(23(22)17-8-7-9-18(14-17)33-5)24(31)21(35-26)13-16-10-11-20(29(3)4)19(27)12-16/h7-14,23H,6H2,1-5H3/b21-13+/t23-/m0/s1. The molecule has 182 valence electrons. The molecule has 0 radical (unpaired) electrons. The van der Waals surface area contributed by atoms with Gasteiger partial charge in [-0.15, -0.1) is 0 Å². The minimum atomic E-state index is -0.676. The highest BCUT2D eigenvalue weighted by Crippen LogP contribution is 2.32. The van der Waals surface area contributed by atoms with Gasteiger partial charge in [-0.2, -0.15) is 0 Å². The van der Waals surface area contributed by atoms with Crippen molar-refractivity contribution in [1.29, 1.82) is 0 Å². The second-order valence-electron chi connectivity index (χ2n) is 8.18. The summed E-state index contributed by atoms with van der Waals surface area (Å²) in [5, 5.41) is 0. The number of carbonyl (C=O) groups is 1. The molecule has 1 aliphatic heterocycles. The fourth-order valence-electron chi connectivity index (χ4n) is 4.05. The highest BCUT2D eigenvalue weighted by Gasteiger charge is 2.33. The molecule has 3 aromatic rings. The number of methoxy groups -OCH3 is 1. The fourth-order valence-corrected chi connectivity index (χ4v) is 5.84. The van der Waals surface area contributed by atoms with E-state index in [-0.39, 0.29) is 12.2 Å². The number of allylic oxidation sites excluding steroid dienone is 1. The Morgan fingerprint density at radius 3 is 2.69 bits per heavy atom. The van der Waals surface area contributed by atoms with Crippen LogP contribution in [0.3, 0.4) is 0 Å². The molecule has 7 nitrogen and oxygen atoms in total. The van der Waals surface area contributed by atoms with Gasteiger partial charge in [0.1, 0.15) is 5.75 Å². The van der Waals surface area contributed by atoms with Crippen LogP contribution in [0.25, 0.3) is 6.08 Å². The predicted molar refractivity (Wildman–Crippen MR) is 142 cm³/mol. The van der Waals surface area contributed by atoms with E-state index in [0.717, 1.165) is 21.3 Å². The van der Waals surface area contributed by atoms with Crippen LogP contribution >= 0.6 is 27.3 Å². The summed E-state index contributed by atoms with van der Waals surface area (Å²) in [6.45, 7) is 3.75. The molecule has 0 aliphatic carbocycles. The van der Waals surface area contributed by atoms with Gasteiger partial charge in [0.25, 0.3) is 5.56 Å². The van der Waals surface area contributed by atoms with Gasteiger partial charge in [-0.3, -0.25) is 9.36 Å². The van der Waals surface area contributed by atoms with E-state index in [1.165, 1.54) is 11.3 Å². The zero-order chi connectivity index (χ0) is 25.3. The van der Waals surface area contributed by atoms with Crippen LogP contribution in [0.2, 0.25) is 0 Å². The molecule has 0 amide bonds. The molecule has 0 unspecified atom stereocenters. The molecule has 2 heterocycles. The van der Waals surface area contributed by atoms with Crippen molar-refractivity contribution < 1.29 is 14.3 Å². The van der Waals surface area contributed by atoms with Crippen molar-refractivity contribution >= 4 is 45.0 Å². The average molecular weight is 556 g/mol. The molecule has 0 N–H and O–H groups in total. The Hall–Kier alpha value is -3.17. The van der Waals surface area contributed by atoms with E-state index in [4.69, 9.17) is 9.47 Å². The van der Waals surface area contributed by atoms with Gasteiger partial charge >= 0.3 is 5.97 Å². The van der Waals surface area contributed by atoms with E-state index in [2.05, 4.69) is 20.9 Å². The molecule has 1 atom stereocenters. The lowest BCUT2D eigenvalue weighted by Crippen LogP contribution is -2.39. The van der Waals surface area contributed by atoms with Crippen molar-refractivity contribution in [1.82, 2.24) is 4.57 Å². The van der Waals surface area contributed by atoms with Crippen molar-refractivity contribution in [3.63, 3.8) is 0 Å². The summed E-state index contributed by atoms with van der Waals surface area (Å²) in [4.78, 5) is 33.9. The summed E-state index contributed by atoms with van der Waals surface area (Å²) in [6.07, 6.45) is 1.85. The molecule has 4 rings (SSSR count). The Bertz CT molecular complexity index is 1500. The maximum Gasteiger partial charge on any atom is 0.338 e. The van der Waals surface area contributed by atoms with Gasteiger partial charge in [0.2, 0.25) is 0 Å². The van der Waals surface area contributed by atoms with Crippen molar-refractivity contribution in [2.24, 2.45) is 4.99 Å². The summed E-state index contributed by atoms with van der Waals surface area (Å²) in [7, 11) is 5.53. The Labute approximate surface area is 215 Å². The summed E-state index contributed by atoms with van der Waals surface area (Å²) < 4.78 is 13.8. The Morgan fingerprint density at radius 1 is 1.26 bits per heavy atom. The van der Waals surface area contributed by atoms with Crippen LogP contribution < -0.4 is 24.5 Å². The number of nitrogens with zero attached hydrogens (tertiary/aromatic N) is 3. The highest BCUT2D eigenvalue weighted by atomic mass is 79.9. The molecular formula is C26H26BrN3O4S. The van der Waals surface area contributed by atoms with E-state index in [9.17, 15) is 9.59 Å². The summed E-state index contributed by atoms with van der Waals surface area (Å²) in [5.41, 5.74) is 3.32. The van der Waals surface area contributed by atoms with Crippen LogP contribution in [-0.4, -0.2) is 38.3 Å². The number of thiazole rings is 1. The van der Waals surface area contributed by atoms with Crippen molar-refractivity contribution in [2.75, 3.05) is 32.7 Å². The summed E-state index contributed by atoms with van der Waals surface area (Å²) in [5.74, 6) is 0.146. The largest absolute Gasteiger partial charge is 0.497 e. The van der Waals surface area contributed by atoms with Crippen LogP contribution in [0.15, 0.2) is 68.0 Å². The summed E-state index contributed by atoms with van der Waals surface area (Å²) >= 11 is 4.90. The first-order valence-electron chi connectivity index (χ1n) is 11.1. The lowest BCUT2D eigenvalue weighted by molar-refractivity contribution is -0.139. The van der Waals surface area contributed by atoms with E-state index in [0.29, 0.717) is 26.4 Å². The third kappa shape index (κ3) is 4.83. The van der Waals surface area contributed by atoms with Gasteiger partial charge in [0.15, 0.2) is 4.80 Å². The first-order chi connectivity index (χ1) is 16.7. The Morgan fingerprint density at radius 2 is 2.03 bits per heavy atom. The molecule has 2 aromatic carbocycles. The van der Waals surface area contributed by atoms with Gasteiger partial charge in [0.05, 0.1) is 41.2 Å². The summed E-state index contributed by atoms with van der Waals surface area (Å²) in [6, 6.07) is 12.6. The zero-order valence-corrected chi connectivity index (χ0v) is 22.6. The lowest BCUT2D eigenvalue weighted by atomic mass is 9.95. The average Bonchev–Trinajstić information content (AvgIpc) is 3.12. The molecule has 1 aliphatic rings. The molecular weight excluding hydrogens is 530 g/mol. The van der Waals surface area contributed by atoms with Crippen LogP contribution in [-0.2, 0) is 9.53 Å². The van der Waals surface area contributed by atoms with E-state index < -0.39 is 12.0 Å². The number of anilines is 1. The van der Waals surface area contributed by atoms with Crippen molar-refractivity contribution in [2.45, 2.75) is 19.9 Å². The van der Waals surface area contributed by atoms with Crippen LogP contribution in [0.1, 0.15) is 31.0 Å². The van der Waals surface area contributed by atoms with Crippen LogP contribution in [0.4, 0.5) is 5.69 Å². The maximum atomic E-state index is 13.7. The molecule has 0 spiro atoms. The predicted octanol–water partition coefficient (Wildman–Crippen LogP) is 3.64. The second-order valence-corrected chi connectivity index (χ2v) is 10.0. The first-order valence-corrected chi connectivity index (χ1v) is 12.7. The molecule has 0 saturated carbocycles. The Balaban J connectivity index is 1.93.